The van der Waals surface area contributed by atoms with Gasteiger partial charge in [-0.1, -0.05) is 19.1 Å². The highest BCUT2D eigenvalue weighted by atomic mass is 32.2. The molecule has 42 heavy (non-hydrogen) atoms. The van der Waals surface area contributed by atoms with Gasteiger partial charge < -0.3 is 15.2 Å². The van der Waals surface area contributed by atoms with Crippen molar-refractivity contribution in [2.45, 2.75) is 69.8 Å². The van der Waals surface area contributed by atoms with Gasteiger partial charge in [0.05, 0.1) is 18.8 Å². The molecule has 1 saturated carbocycles. The molecular weight excluding hydrogens is 570 g/mol. The van der Waals surface area contributed by atoms with Gasteiger partial charge in [-0.15, -0.1) is 0 Å². The Morgan fingerprint density at radius 3 is 2.45 bits per heavy atom. The summed E-state index contributed by atoms with van der Waals surface area (Å²) in [4.78, 5) is 34.0. The number of halogens is 2. The van der Waals surface area contributed by atoms with E-state index in [1.54, 1.807) is 51.4 Å². The van der Waals surface area contributed by atoms with Crippen LogP contribution in [-0.4, -0.2) is 64.1 Å². The second kappa shape index (κ2) is 10.9. The number of carbonyl (C=O) groups is 2. The first kappa shape index (κ1) is 31.3. The van der Waals surface area contributed by atoms with E-state index in [4.69, 9.17) is 15.2 Å². The molecule has 0 unspecified atom stereocenters. The van der Waals surface area contributed by atoms with Gasteiger partial charge in [-0.05, 0) is 57.9 Å². The highest BCUT2D eigenvalue weighted by molar-refractivity contribution is 7.91. The Bertz CT molecular complexity index is 1490. The van der Waals surface area contributed by atoms with Gasteiger partial charge >= 0.3 is 6.09 Å². The normalized spacial score (nSPS) is 28.3. The van der Waals surface area contributed by atoms with Gasteiger partial charge in [0, 0.05) is 48.2 Å². The van der Waals surface area contributed by atoms with E-state index in [1.165, 1.54) is 33.1 Å². The highest BCUT2D eigenvalue weighted by Crippen LogP contribution is 2.60. The Balaban J connectivity index is 1.77. The fourth-order valence-electron chi connectivity index (χ4n) is 6.28. The second-order valence-electron chi connectivity index (χ2n) is 12.0. The molecule has 5 atom stereocenters. The van der Waals surface area contributed by atoms with Crippen LogP contribution in [-0.2, 0) is 19.6 Å². The van der Waals surface area contributed by atoms with Crippen LogP contribution in [0.5, 0.6) is 5.88 Å². The zero-order valence-corrected chi connectivity index (χ0v) is 25.2. The third-order valence-corrected chi connectivity index (χ3v) is 10.6. The Morgan fingerprint density at radius 1 is 1.19 bits per heavy atom. The minimum atomic E-state index is -4.81. The van der Waals surface area contributed by atoms with Crippen LogP contribution in [0, 0.1) is 17.8 Å². The number of nitrogens with zero attached hydrogens (tertiary/aromatic N) is 3. The molecule has 2 aromatic heterocycles. The van der Waals surface area contributed by atoms with Gasteiger partial charge in [0.2, 0.25) is 21.8 Å². The fraction of sp³-hybridized carbons (Fsp3) is 0.517. The molecule has 10 nitrogen and oxygen atoms in total. The Hall–Kier alpha value is -3.61. The van der Waals surface area contributed by atoms with Crippen LogP contribution in [0.2, 0.25) is 0 Å². The number of fused-ring (bicyclic) bond motifs is 1. The molecular formula is C29H36F2N4O6S. The molecule has 13 heteroatoms. The van der Waals surface area contributed by atoms with Gasteiger partial charge in [-0.2, -0.15) is 0 Å². The Kier molecular flexibility index (Phi) is 8.13. The number of aromatic nitrogens is 2. The monoisotopic (exact) mass is 606 g/mol. The first-order chi connectivity index (χ1) is 19.4. The molecule has 2 fully saturated rings. The molecule has 4 rings (SSSR count). The quantitative estimate of drug-likeness (QED) is 0.501. The van der Waals surface area contributed by atoms with Crippen molar-refractivity contribution in [1.82, 2.24) is 14.3 Å². The maximum atomic E-state index is 15.7. The van der Waals surface area contributed by atoms with Crippen molar-refractivity contribution in [2.75, 3.05) is 7.11 Å². The molecule has 2 amide bonds. The van der Waals surface area contributed by atoms with E-state index in [-0.39, 0.29) is 0 Å². The van der Waals surface area contributed by atoms with E-state index in [0.717, 1.165) is 5.56 Å². The fourth-order valence-corrected chi connectivity index (χ4v) is 8.87. The van der Waals surface area contributed by atoms with Gasteiger partial charge in [-0.25, -0.2) is 31.3 Å². The summed E-state index contributed by atoms with van der Waals surface area (Å²) in [5.41, 5.74) is 6.27. The number of ether oxygens (including phenoxy) is 2. The summed E-state index contributed by atoms with van der Waals surface area (Å²) in [6.45, 7) is 7.50. The molecule has 228 valence electrons. The first-order valence-corrected chi connectivity index (χ1v) is 15.0. The van der Waals surface area contributed by atoms with Crippen LogP contribution in [0.1, 0.15) is 53.2 Å². The van der Waals surface area contributed by atoms with Crippen molar-refractivity contribution in [3.8, 4) is 17.0 Å². The van der Waals surface area contributed by atoms with Crippen molar-refractivity contribution in [1.29, 1.82) is 0 Å². The number of sulfonamides is 1. The molecule has 0 radical (unpaired) electrons. The zero-order chi connectivity index (χ0) is 31.3. The van der Waals surface area contributed by atoms with Crippen LogP contribution in [0.4, 0.5) is 13.6 Å². The number of methoxy groups -OCH3 is 1. The standard InChI is InChI=1S/C29H36F2N4O6S/c1-17-21(12-11-20-10-9-19(15-34-20)22-8-7-13-33-25(22)40-6)24-18(2)35(26(37)41-27(3,4)5)42(38,39)28(24,14-23(32)36)16-29(17,30)31/h7-13,15,17-18,21,24H,14,16H2,1-6H3,(H2,32,36)/t17-,18+,21-,24-,28-/m0/s1. The summed E-state index contributed by atoms with van der Waals surface area (Å²) in [7, 11) is -3.30. The molecule has 2 N–H and O–H groups in total. The second-order valence-corrected chi connectivity index (χ2v) is 14.1. The lowest BCUT2D eigenvalue weighted by atomic mass is 9.61. The van der Waals surface area contributed by atoms with Crippen molar-refractivity contribution in [2.24, 2.45) is 23.5 Å². The summed E-state index contributed by atoms with van der Waals surface area (Å²) >= 11 is 0. The number of hydrogen-bond donors (Lipinski definition) is 1. The molecule has 3 heterocycles. The van der Waals surface area contributed by atoms with Crippen molar-refractivity contribution in [3.05, 3.63) is 48.4 Å². The van der Waals surface area contributed by atoms with Crippen LogP contribution < -0.4 is 10.5 Å². The number of primary amides is 1. The number of allylic oxidation sites excluding steroid dienone is 1. The SMILES string of the molecule is COc1ncccc1-c1ccc(C=C[C@@H]2[C@@H]3[C@@H](C)N(C(=O)OC(C)(C)C)S(=O)(=O)[C@@]3(CC(N)=O)CC(F)(F)[C@H]2C)nc1. The van der Waals surface area contributed by atoms with E-state index < -0.39 is 74.9 Å². The van der Waals surface area contributed by atoms with E-state index in [0.29, 0.717) is 21.4 Å². The molecule has 2 aliphatic rings. The summed E-state index contributed by atoms with van der Waals surface area (Å²) in [6.07, 6.45) is 3.02. The van der Waals surface area contributed by atoms with E-state index in [9.17, 15) is 18.0 Å². The molecule has 1 aliphatic carbocycles. The van der Waals surface area contributed by atoms with Crippen LogP contribution in [0.25, 0.3) is 17.2 Å². The lowest BCUT2D eigenvalue weighted by molar-refractivity contribution is -0.133. The van der Waals surface area contributed by atoms with Gasteiger partial charge in [0.25, 0.3) is 5.92 Å². The Labute approximate surface area is 244 Å². The third-order valence-electron chi connectivity index (χ3n) is 8.06. The predicted molar refractivity (Wildman–Crippen MR) is 152 cm³/mol. The average Bonchev–Trinajstić information content (AvgIpc) is 3.04. The average molecular weight is 607 g/mol. The van der Waals surface area contributed by atoms with Crippen molar-refractivity contribution >= 4 is 28.1 Å². The van der Waals surface area contributed by atoms with Gasteiger partial charge in [0.1, 0.15) is 10.3 Å². The lowest BCUT2D eigenvalue weighted by Crippen LogP contribution is -2.59. The largest absolute Gasteiger partial charge is 0.481 e. The number of hydrogen-bond acceptors (Lipinski definition) is 8. The van der Waals surface area contributed by atoms with E-state index in [2.05, 4.69) is 9.97 Å². The number of carbonyl (C=O) groups excluding carboxylic acids is 2. The summed E-state index contributed by atoms with van der Waals surface area (Å²) in [6, 6.07) is 5.94. The van der Waals surface area contributed by atoms with Crippen molar-refractivity contribution < 1.29 is 36.3 Å². The molecule has 1 saturated heterocycles. The number of nitrogens with two attached hydrogens (primary N) is 1. The van der Waals surface area contributed by atoms with Gasteiger partial charge in [-0.3, -0.25) is 9.78 Å². The zero-order valence-electron chi connectivity index (χ0n) is 24.4. The minimum absolute atomic E-state index is 0.414. The number of pyridine rings is 2. The summed E-state index contributed by atoms with van der Waals surface area (Å²) in [5.74, 6) is -7.60. The van der Waals surface area contributed by atoms with Gasteiger partial charge in [0.15, 0.2) is 0 Å². The first-order valence-electron chi connectivity index (χ1n) is 13.5. The van der Waals surface area contributed by atoms with E-state index >= 15 is 8.78 Å². The summed E-state index contributed by atoms with van der Waals surface area (Å²) < 4.78 is 68.2. The molecule has 0 spiro atoms. The molecule has 2 aromatic rings. The van der Waals surface area contributed by atoms with E-state index in [1.807, 2.05) is 6.07 Å². The van der Waals surface area contributed by atoms with Crippen molar-refractivity contribution in [3.63, 3.8) is 0 Å². The smallest absolute Gasteiger partial charge is 0.424 e. The predicted octanol–water partition coefficient (Wildman–Crippen LogP) is 4.66. The molecule has 1 aliphatic heterocycles. The van der Waals surface area contributed by atoms with Crippen LogP contribution in [0.15, 0.2) is 42.7 Å². The third kappa shape index (κ3) is 5.46. The minimum Gasteiger partial charge on any atom is -0.481 e. The topological polar surface area (TPSA) is 142 Å². The van der Waals surface area contributed by atoms with Crippen LogP contribution in [0.3, 0.4) is 0 Å². The van der Waals surface area contributed by atoms with Crippen LogP contribution >= 0.6 is 0 Å². The maximum absolute atomic E-state index is 15.7. The highest BCUT2D eigenvalue weighted by Gasteiger charge is 2.73. The summed E-state index contributed by atoms with van der Waals surface area (Å²) in [5, 5.41) is 0. The number of rotatable bonds is 6. The Morgan fingerprint density at radius 2 is 1.88 bits per heavy atom. The molecule has 0 aromatic carbocycles. The maximum Gasteiger partial charge on any atom is 0.424 e. The lowest BCUT2D eigenvalue weighted by Gasteiger charge is -2.48. The number of amides is 2. The molecule has 0 bridgehead atoms. The number of alkyl halides is 2.